The maximum atomic E-state index is 12.8. The van der Waals surface area contributed by atoms with E-state index in [1.165, 1.54) is 11.3 Å². The van der Waals surface area contributed by atoms with E-state index in [1.807, 2.05) is 49.7 Å². The standard InChI is InChI=1S/C21H21N3O3S/c1-13(24(2)11-14-6-4-7-15(10-14)26-3)19-22-20(25)18-16(12-28-21(18)23-19)17-8-5-9-27-17/h4-10,12-13H,11H2,1-3H3,(H,22,23,25)/t13-/m0/s1. The van der Waals surface area contributed by atoms with Gasteiger partial charge in [0.2, 0.25) is 0 Å². The van der Waals surface area contributed by atoms with Crippen molar-refractivity contribution in [3.8, 4) is 17.1 Å². The summed E-state index contributed by atoms with van der Waals surface area (Å²) in [7, 11) is 3.67. The van der Waals surface area contributed by atoms with Gasteiger partial charge in [-0.15, -0.1) is 11.3 Å². The van der Waals surface area contributed by atoms with Crippen LogP contribution in [0.5, 0.6) is 5.75 Å². The lowest BCUT2D eigenvalue weighted by Crippen LogP contribution is -2.25. The average Bonchev–Trinajstić information content (AvgIpc) is 3.37. The van der Waals surface area contributed by atoms with Crippen LogP contribution < -0.4 is 10.3 Å². The number of nitrogens with one attached hydrogen (secondary N) is 1. The molecule has 0 fully saturated rings. The second kappa shape index (κ2) is 7.61. The first-order chi connectivity index (χ1) is 13.6. The maximum Gasteiger partial charge on any atom is 0.260 e. The number of furan rings is 1. The molecule has 144 valence electrons. The van der Waals surface area contributed by atoms with Gasteiger partial charge in [0.25, 0.3) is 5.56 Å². The quantitative estimate of drug-likeness (QED) is 0.522. The van der Waals surface area contributed by atoms with Crippen LogP contribution in [0.25, 0.3) is 21.5 Å². The van der Waals surface area contributed by atoms with Crippen molar-refractivity contribution in [3.63, 3.8) is 0 Å². The smallest absolute Gasteiger partial charge is 0.260 e. The summed E-state index contributed by atoms with van der Waals surface area (Å²) in [5.74, 6) is 2.15. The van der Waals surface area contributed by atoms with Gasteiger partial charge in [-0.25, -0.2) is 4.98 Å². The Morgan fingerprint density at radius 2 is 2.18 bits per heavy atom. The van der Waals surface area contributed by atoms with Crippen LogP contribution >= 0.6 is 11.3 Å². The van der Waals surface area contributed by atoms with Crippen LogP contribution in [0.1, 0.15) is 24.4 Å². The maximum absolute atomic E-state index is 12.8. The zero-order valence-electron chi connectivity index (χ0n) is 15.9. The molecule has 1 aromatic carbocycles. The van der Waals surface area contributed by atoms with Crippen molar-refractivity contribution in [1.82, 2.24) is 14.9 Å². The lowest BCUT2D eigenvalue weighted by atomic mass is 10.1. The van der Waals surface area contributed by atoms with Gasteiger partial charge in [0.15, 0.2) is 0 Å². The Hall–Kier alpha value is -2.90. The van der Waals surface area contributed by atoms with E-state index in [1.54, 1.807) is 13.4 Å². The highest BCUT2D eigenvalue weighted by Gasteiger charge is 2.19. The number of benzene rings is 1. The Kier molecular flexibility index (Phi) is 5.02. The predicted octanol–water partition coefficient (Wildman–Crippen LogP) is 4.45. The van der Waals surface area contributed by atoms with Gasteiger partial charge in [0.1, 0.15) is 22.2 Å². The van der Waals surface area contributed by atoms with Gasteiger partial charge in [-0.2, -0.15) is 0 Å². The summed E-state index contributed by atoms with van der Waals surface area (Å²) < 4.78 is 10.7. The van der Waals surface area contributed by atoms with E-state index in [2.05, 4.69) is 16.0 Å². The van der Waals surface area contributed by atoms with Crippen LogP contribution in [0.4, 0.5) is 0 Å². The third kappa shape index (κ3) is 3.46. The Bertz CT molecular complexity index is 1150. The lowest BCUT2D eigenvalue weighted by Gasteiger charge is -2.24. The molecule has 7 heteroatoms. The van der Waals surface area contributed by atoms with Gasteiger partial charge in [0.05, 0.1) is 24.8 Å². The van der Waals surface area contributed by atoms with Crippen molar-refractivity contribution in [2.45, 2.75) is 19.5 Å². The normalized spacial score (nSPS) is 12.6. The molecule has 28 heavy (non-hydrogen) atoms. The molecule has 0 saturated carbocycles. The van der Waals surface area contributed by atoms with Crippen molar-refractivity contribution < 1.29 is 9.15 Å². The van der Waals surface area contributed by atoms with Gasteiger partial charge in [-0.1, -0.05) is 12.1 Å². The van der Waals surface area contributed by atoms with Gasteiger partial charge < -0.3 is 14.1 Å². The fourth-order valence-corrected chi connectivity index (χ4v) is 4.12. The number of nitrogens with zero attached hydrogens (tertiary/aromatic N) is 2. The zero-order valence-corrected chi connectivity index (χ0v) is 16.7. The minimum absolute atomic E-state index is 0.0579. The molecule has 0 saturated heterocycles. The molecule has 1 N–H and O–H groups in total. The summed E-state index contributed by atoms with van der Waals surface area (Å²) in [6.45, 7) is 2.74. The second-order valence-corrected chi connectivity index (χ2v) is 7.56. The van der Waals surface area contributed by atoms with E-state index in [4.69, 9.17) is 14.1 Å². The van der Waals surface area contributed by atoms with Gasteiger partial charge >= 0.3 is 0 Å². The Balaban J connectivity index is 1.62. The molecule has 0 aliphatic carbocycles. The van der Waals surface area contributed by atoms with Gasteiger partial charge in [-0.3, -0.25) is 9.69 Å². The number of thiophene rings is 1. The number of aromatic amines is 1. The van der Waals surface area contributed by atoms with E-state index in [0.717, 1.165) is 16.9 Å². The van der Waals surface area contributed by atoms with Crippen molar-refractivity contribution in [3.05, 3.63) is 69.8 Å². The molecule has 6 nitrogen and oxygen atoms in total. The number of hydrogen-bond donors (Lipinski definition) is 1. The van der Waals surface area contributed by atoms with E-state index in [9.17, 15) is 4.79 Å². The van der Waals surface area contributed by atoms with Crippen LogP contribution in [0.15, 0.2) is 57.3 Å². The average molecular weight is 395 g/mol. The highest BCUT2D eigenvalue weighted by molar-refractivity contribution is 7.17. The molecule has 0 aliphatic heterocycles. The monoisotopic (exact) mass is 395 g/mol. The van der Waals surface area contributed by atoms with E-state index in [0.29, 0.717) is 28.3 Å². The number of hydrogen-bond acceptors (Lipinski definition) is 6. The summed E-state index contributed by atoms with van der Waals surface area (Å²) >= 11 is 1.45. The van der Waals surface area contributed by atoms with Crippen LogP contribution in [0, 0.1) is 0 Å². The zero-order chi connectivity index (χ0) is 19.7. The highest BCUT2D eigenvalue weighted by atomic mass is 32.1. The first-order valence-corrected chi connectivity index (χ1v) is 9.83. The fourth-order valence-electron chi connectivity index (χ4n) is 3.18. The topological polar surface area (TPSA) is 71.4 Å². The highest BCUT2D eigenvalue weighted by Crippen LogP contribution is 2.31. The van der Waals surface area contributed by atoms with Crippen molar-refractivity contribution in [1.29, 1.82) is 0 Å². The SMILES string of the molecule is COc1cccc(CN(C)[C@@H](C)c2nc3scc(-c4ccco4)c3c(=O)[nH]2)c1. The van der Waals surface area contributed by atoms with E-state index < -0.39 is 0 Å². The van der Waals surface area contributed by atoms with Crippen LogP contribution in [-0.4, -0.2) is 29.0 Å². The molecular formula is C21H21N3O3S. The number of rotatable bonds is 6. The second-order valence-electron chi connectivity index (χ2n) is 6.70. The minimum Gasteiger partial charge on any atom is -0.497 e. The van der Waals surface area contributed by atoms with E-state index >= 15 is 0 Å². The number of fused-ring (bicyclic) bond motifs is 1. The third-order valence-corrected chi connectivity index (χ3v) is 5.74. The summed E-state index contributed by atoms with van der Waals surface area (Å²) in [4.78, 5) is 23.3. The van der Waals surface area contributed by atoms with Gasteiger partial charge in [-0.05, 0) is 43.8 Å². The number of aromatic nitrogens is 2. The summed E-state index contributed by atoms with van der Waals surface area (Å²) in [5.41, 5.74) is 1.77. The Labute approximate surface area is 166 Å². The molecule has 0 radical (unpaired) electrons. The van der Waals surface area contributed by atoms with Crippen molar-refractivity contribution >= 4 is 21.6 Å². The lowest BCUT2D eigenvalue weighted by molar-refractivity contribution is 0.243. The molecular weight excluding hydrogens is 374 g/mol. The Morgan fingerprint density at radius 3 is 2.93 bits per heavy atom. The summed E-state index contributed by atoms with van der Waals surface area (Å²) in [6.07, 6.45) is 1.60. The number of methoxy groups -OCH3 is 1. The molecule has 4 rings (SSSR count). The van der Waals surface area contributed by atoms with Crippen LogP contribution in [0.3, 0.4) is 0 Å². The molecule has 0 aliphatic rings. The molecule has 0 unspecified atom stereocenters. The first-order valence-electron chi connectivity index (χ1n) is 8.95. The molecule has 3 aromatic heterocycles. The van der Waals surface area contributed by atoms with Crippen LogP contribution in [0.2, 0.25) is 0 Å². The van der Waals surface area contributed by atoms with Crippen molar-refractivity contribution in [2.75, 3.05) is 14.2 Å². The molecule has 0 bridgehead atoms. The predicted molar refractivity (Wildman–Crippen MR) is 111 cm³/mol. The largest absolute Gasteiger partial charge is 0.497 e. The molecule has 0 amide bonds. The van der Waals surface area contributed by atoms with E-state index in [-0.39, 0.29) is 11.6 Å². The minimum atomic E-state index is -0.144. The van der Waals surface area contributed by atoms with Crippen LogP contribution in [-0.2, 0) is 6.54 Å². The van der Waals surface area contributed by atoms with Crippen molar-refractivity contribution in [2.24, 2.45) is 0 Å². The molecule has 3 heterocycles. The molecule has 4 aromatic rings. The number of H-pyrrole nitrogens is 1. The van der Waals surface area contributed by atoms with Gasteiger partial charge in [0, 0.05) is 17.5 Å². The molecule has 0 spiro atoms. The summed E-state index contributed by atoms with van der Waals surface area (Å²) in [6, 6.07) is 11.6. The summed E-state index contributed by atoms with van der Waals surface area (Å²) in [5, 5.41) is 2.49. The number of ether oxygens (including phenoxy) is 1. The third-order valence-electron chi connectivity index (χ3n) is 4.87. The fraction of sp³-hybridized carbons (Fsp3) is 0.238. The first kappa shape index (κ1) is 18.5. The Morgan fingerprint density at radius 1 is 1.32 bits per heavy atom. The molecule has 1 atom stereocenters.